The molecule has 15 heavy (non-hydrogen) atoms. The summed E-state index contributed by atoms with van der Waals surface area (Å²) in [6, 6.07) is 2.21. The maximum Gasteiger partial charge on any atom is 0.150 e. The molecular weight excluding hydrogens is 222 g/mol. The third-order valence-corrected chi connectivity index (χ3v) is 2.97. The van der Waals surface area contributed by atoms with Crippen LogP contribution in [0.2, 0.25) is 5.02 Å². The standard InChI is InChI=1S/C11H13ClF2O/c1-3-11(15,4-2)9-8(13)6-5-7(12)10(9)14/h5-6,15H,3-4H2,1-2H3. The minimum atomic E-state index is -1.49. The molecule has 4 heteroatoms. The first-order valence-electron chi connectivity index (χ1n) is 4.82. The molecule has 84 valence electrons. The lowest BCUT2D eigenvalue weighted by Gasteiger charge is -2.26. The van der Waals surface area contributed by atoms with E-state index in [2.05, 4.69) is 0 Å². The second kappa shape index (κ2) is 4.45. The maximum absolute atomic E-state index is 13.6. The van der Waals surface area contributed by atoms with Crippen molar-refractivity contribution in [2.24, 2.45) is 0 Å². The first-order valence-corrected chi connectivity index (χ1v) is 5.20. The van der Waals surface area contributed by atoms with E-state index in [4.69, 9.17) is 11.6 Å². The minimum absolute atomic E-state index is 0.174. The van der Waals surface area contributed by atoms with Gasteiger partial charge in [0.05, 0.1) is 16.2 Å². The van der Waals surface area contributed by atoms with Gasteiger partial charge in [-0.3, -0.25) is 0 Å². The average molecular weight is 235 g/mol. The van der Waals surface area contributed by atoms with Crippen molar-refractivity contribution in [1.29, 1.82) is 0 Å². The van der Waals surface area contributed by atoms with Gasteiger partial charge in [-0.15, -0.1) is 0 Å². The molecule has 0 aliphatic rings. The van der Waals surface area contributed by atoms with Gasteiger partial charge < -0.3 is 5.11 Å². The fourth-order valence-electron chi connectivity index (χ4n) is 1.56. The summed E-state index contributed by atoms with van der Waals surface area (Å²) in [4.78, 5) is 0. The van der Waals surface area contributed by atoms with Crippen molar-refractivity contribution < 1.29 is 13.9 Å². The fourth-order valence-corrected chi connectivity index (χ4v) is 1.71. The van der Waals surface area contributed by atoms with E-state index in [9.17, 15) is 13.9 Å². The summed E-state index contributed by atoms with van der Waals surface area (Å²) in [6.45, 7) is 3.34. The molecule has 0 unspecified atom stereocenters. The monoisotopic (exact) mass is 234 g/mol. The summed E-state index contributed by atoms with van der Waals surface area (Å²) < 4.78 is 27.0. The van der Waals surface area contributed by atoms with Crippen LogP contribution in [0, 0.1) is 11.6 Å². The highest BCUT2D eigenvalue weighted by Crippen LogP contribution is 2.34. The van der Waals surface area contributed by atoms with Gasteiger partial charge in [0.1, 0.15) is 5.82 Å². The number of hydrogen-bond acceptors (Lipinski definition) is 1. The lowest BCUT2D eigenvalue weighted by Crippen LogP contribution is -2.26. The van der Waals surface area contributed by atoms with Crippen LogP contribution in [-0.2, 0) is 5.60 Å². The van der Waals surface area contributed by atoms with E-state index in [1.807, 2.05) is 0 Å². The predicted molar refractivity (Wildman–Crippen MR) is 55.8 cm³/mol. The summed E-state index contributed by atoms with van der Waals surface area (Å²) in [5.74, 6) is -1.63. The number of rotatable bonds is 3. The molecule has 1 nitrogen and oxygen atoms in total. The van der Waals surface area contributed by atoms with Crippen molar-refractivity contribution >= 4 is 11.6 Å². The molecule has 0 saturated heterocycles. The van der Waals surface area contributed by atoms with Gasteiger partial charge in [0.25, 0.3) is 0 Å². The lowest BCUT2D eigenvalue weighted by molar-refractivity contribution is 0.0211. The summed E-state index contributed by atoms with van der Waals surface area (Å²) >= 11 is 5.55. The smallest absolute Gasteiger partial charge is 0.150 e. The molecule has 0 amide bonds. The zero-order valence-corrected chi connectivity index (χ0v) is 9.41. The Bertz CT molecular complexity index is 362. The molecule has 1 aromatic carbocycles. The summed E-state index contributed by atoms with van der Waals surface area (Å²) in [7, 11) is 0. The predicted octanol–water partition coefficient (Wildman–Crippen LogP) is 3.63. The van der Waals surface area contributed by atoms with Crippen molar-refractivity contribution in [3.8, 4) is 0 Å². The molecule has 0 bridgehead atoms. The van der Waals surface area contributed by atoms with Crippen LogP contribution >= 0.6 is 11.6 Å². The van der Waals surface area contributed by atoms with Crippen molar-refractivity contribution in [2.45, 2.75) is 32.3 Å². The molecular formula is C11H13ClF2O. The number of hydrogen-bond donors (Lipinski definition) is 1. The van der Waals surface area contributed by atoms with E-state index >= 15 is 0 Å². The highest BCUT2D eigenvalue weighted by Gasteiger charge is 2.32. The van der Waals surface area contributed by atoms with Crippen LogP contribution < -0.4 is 0 Å². The van der Waals surface area contributed by atoms with Gasteiger partial charge in [0.2, 0.25) is 0 Å². The van der Waals surface area contributed by atoms with Crippen LogP contribution in [0.4, 0.5) is 8.78 Å². The van der Waals surface area contributed by atoms with Gasteiger partial charge in [-0.25, -0.2) is 8.78 Å². The Morgan fingerprint density at radius 3 is 2.27 bits per heavy atom. The topological polar surface area (TPSA) is 20.2 Å². The quantitative estimate of drug-likeness (QED) is 0.792. The summed E-state index contributed by atoms with van der Waals surface area (Å²) in [6.07, 6.45) is 0.468. The highest BCUT2D eigenvalue weighted by molar-refractivity contribution is 6.30. The van der Waals surface area contributed by atoms with E-state index in [1.54, 1.807) is 13.8 Å². The Labute approximate surface area is 92.7 Å². The second-order valence-corrected chi connectivity index (χ2v) is 3.86. The van der Waals surface area contributed by atoms with Crippen LogP contribution in [0.5, 0.6) is 0 Å². The summed E-state index contributed by atoms with van der Waals surface area (Å²) in [5.41, 5.74) is -1.82. The summed E-state index contributed by atoms with van der Waals surface area (Å²) in [5, 5.41) is 9.87. The van der Waals surface area contributed by atoms with Gasteiger partial charge in [0, 0.05) is 0 Å². The maximum atomic E-state index is 13.6. The fraction of sp³-hybridized carbons (Fsp3) is 0.455. The molecule has 0 atom stereocenters. The molecule has 1 N–H and O–H groups in total. The van der Waals surface area contributed by atoms with E-state index in [0.29, 0.717) is 0 Å². The largest absolute Gasteiger partial charge is 0.385 e. The molecule has 0 spiro atoms. The van der Waals surface area contributed by atoms with Crippen LogP contribution in [0.3, 0.4) is 0 Å². The Balaban J connectivity index is 3.41. The van der Waals surface area contributed by atoms with E-state index < -0.39 is 17.2 Å². The van der Waals surface area contributed by atoms with Crippen molar-refractivity contribution in [3.63, 3.8) is 0 Å². The molecule has 0 radical (unpaired) electrons. The lowest BCUT2D eigenvalue weighted by atomic mass is 9.88. The van der Waals surface area contributed by atoms with Crippen LogP contribution in [0.25, 0.3) is 0 Å². The zero-order valence-electron chi connectivity index (χ0n) is 8.65. The number of halogens is 3. The van der Waals surface area contributed by atoms with Crippen molar-refractivity contribution in [2.75, 3.05) is 0 Å². The van der Waals surface area contributed by atoms with Gasteiger partial charge in [0.15, 0.2) is 5.82 Å². The molecule has 0 saturated carbocycles. The third kappa shape index (κ3) is 2.13. The van der Waals surface area contributed by atoms with E-state index in [1.165, 1.54) is 0 Å². The van der Waals surface area contributed by atoms with E-state index in [-0.39, 0.29) is 23.4 Å². The van der Waals surface area contributed by atoms with Gasteiger partial charge in [-0.1, -0.05) is 25.4 Å². The second-order valence-electron chi connectivity index (χ2n) is 3.46. The average Bonchev–Trinajstić information content (AvgIpc) is 2.23. The molecule has 1 rings (SSSR count). The van der Waals surface area contributed by atoms with Crippen LogP contribution in [0.15, 0.2) is 12.1 Å². The van der Waals surface area contributed by atoms with Crippen LogP contribution in [-0.4, -0.2) is 5.11 Å². The first-order chi connectivity index (χ1) is 6.96. The number of aliphatic hydroxyl groups is 1. The molecule has 0 aromatic heterocycles. The van der Waals surface area contributed by atoms with Gasteiger partial charge in [-0.05, 0) is 25.0 Å². The van der Waals surface area contributed by atoms with Crippen molar-refractivity contribution in [1.82, 2.24) is 0 Å². The Morgan fingerprint density at radius 1 is 1.27 bits per heavy atom. The molecule has 0 aliphatic carbocycles. The Hall–Kier alpha value is -0.670. The SMILES string of the molecule is CCC(O)(CC)c1c(F)ccc(Cl)c1F. The molecule has 0 aliphatic heterocycles. The Morgan fingerprint density at radius 2 is 1.80 bits per heavy atom. The van der Waals surface area contributed by atoms with Crippen LogP contribution in [0.1, 0.15) is 32.3 Å². The third-order valence-electron chi connectivity index (χ3n) is 2.68. The minimum Gasteiger partial charge on any atom is -0.385 e. The molecule has 1 aromatic rings. The Kier molecular flexibility index (Phi) is 3.68. The normalized spacial score (nSPS) is 11.9. The highest BCUT2D eigenvalue weighted by atomic mass is 35.5. The molecule has 0 heterocycles. The zero-order chi connectivity index (χ0) is 11.6. The first kappa shape index (κ1) is 12.4. The van der Waals surface area contributed by atoms with Gasteiger partial charge >= 0.3 is 0 Å². The van der Waals surface area contributed by atoms with Crippen molar-refractivity contribution in [3.05, 3.63) is 34.4 Å². The number of benzene rings is 1. The van der Waals surface area contributed by atoms with E-state index in [0.717, 1.165) is 12.1 Å². The van der Waals surface area contributed by atoms with Gasteiger partial charge in [-0.2, -0.15) is 0 Å². The molecule has 0 fully saturated rings.